The van der Waals surface area contributed by atoms with Gasteiger partial charge in [0.05, 0.1) is 5.60 Å². The Bertz CT molecular complexity index is 235. The molecule has 0 aromatic carbocycles. The van der Waals surface area contributed by atoms with Crippen molar-refractivity contribution < 1.29 is 5.11 Å². The summed E-state index contributed by atoms with van der Waals surface area (Å²) in [6, 6.07) is 0. The van der Waals surface area contributed by atoms with Crippen molar-refractivity contribution in [1.82, 2.24) is 0 Å². The minimum atomic E-state index is -1.25. The monoisotopic (exact) mass is 210 g/mol. The summed E-state index contributed by atoms with van der Waals surface area (Å²) >= 11 is 0. The van der Waals surface area contributed by atoms with E-state index < -0.39 is 13.7 Å². The fourth-order valence-corrected chi connectivity index (χ4v) is 2.48. The summed E-state index contributed by atoms with van der Waals surface area (Å²) in [4.78, 5) is 0. The zero-order chi connectivity index (χ0) is 10.7. The standard InChI is InChI=1S/C12H22OSi/c1-14(2,3)11-7-10-12(13)8-5-4-6-9-12/h13H,4-6,8-10H2,1-3H3. The van der Waals surface area contributed by atoms with Crippen LogP contribution < -0.4 is 0 Å². The Hall–Kier alpha value is -0.263. The van der Waals surface area contributed by atoms with Gasteiger partial charge in [0.2, 0.25) is 0 Å². The first-order chi connectivity index (χ1) is 6.41. The zero-order valence-electron chi connectivity index (χ0n) is 9.69. The van der Waals surface area contributed by atoms with E-state index in [9.17, 15) is 5.11 Å². The lowest BCUT2D eigenvalue weighted by Crippen LogP contribution is -2.30. The summed E-state index contributed by atoms with van der Waals surface area (Å²) in [5.41, 5.74) is 2.87. The van der Waals surface area contributed by atoms with Gasteiger partial charge in [-0.1, -0.05) is 38.9 Å². The molecule has 0 radical (unpaired) electrons. The molecular formula is C12H22OSi. The van der Waals surface area contributed by atoms with Gasteiger partial charge in [0.1, 0.15) is 8.07 Å². The molecule has 80 valence electrons. The maximum absolute atomic E-state index is 10.2. The SMILES string of the molecule is C[Si](C)(C)C#CCC1(O)CCCCC1. The van der Waals surface area contributed by atoms with Crippen LogP contribution in [0.1, 0.15) is 38.5 Å². The molecule has 1 saturated carbocycles. The molecule has 0 aliphatic heterocycles. The van der Waals surface area contributed by atoms with E-state index in [4.69, 9.17) is 0 Å². The molecule has 1 fully saturated rings. The highest BCUT2D eigenvalue weighted by Crippen LogP contribution is 2.30. The molecule has 14 heavy (non-hydrogen) atoms. The molecule has 1 nitrogen and oxygen atoms in total. The van der Waals surface area contributed by atoms with Crippen molar-refractivity contribution in [1.29, 1.82) is 0 Å². The van der Waals surface area contributed by atoms with Crippen molar-refractivity contribution in [3.05, 3.63) is 0 Å². The van der Waals surface area contributed by atoms with E-state index in [0.717, 1.165) is 12.8 Å². The van der Waals surface area contributed by atoms with Crippen LogP contribution in [0.15, 0.2) is 0 Å². The number of hydrogen-bond acceptors (Lipinski definition) is 1. The molecule has 2 heteroatoms. The van der Waals surface area contributed by atoms with Crippen LogP contribution in [-0.4, -0.2) is 18.8 Å². The van der Waals surface area contributed by atoms with Gasteiger partial charge >= 0.3 is 0 Å². The van der Waals surface area contributed by atoms with Crippen molar-refractivity contribution >= 4 is 8.07 Å². The van der Waals surface area contributed by atoms with Crippen molar-refractivity contribution in [2.45, 2.75) is 63.8 Å². The van der Waals surface area contributed by atoms with Crippen LogP contribution >= 0.6 is 0 Å². The Morgan fingerprint density at radius 3 is 2.21 bits per heavy atom. The van der Waals surface area contributed by atoms with Crippen molar-refractivity contribution in [2.75, 3.05) is 0 Å². The van der Waals surface area contributed by atoms with Gasteiger partial charge in [-0.3, -0.25) is 0 Å². The predicted molar refractivity (Wildman–Crippen MR) is 63.8 cm³/mol. The van der Waals surface area contributed by atoms with E-state index in [0.29, 0.717) is 6.42 Å². The predicted octanol–water partition coefficient (Wildman–Crippen LogP) is 2.95. The van der Waals surface area contributed by atoms with Gasteiger partial charge in [0.25, 0.3) is 0 Å². The highest BCUT2D eigenvalue weighted by Gasteiger charge is 2.27. The van der Waals surface area contributed by atoms with Crippen LogP contribution in [0.5, 0.6) is 0 Å². The minimum absolute atomic E-state index is 0.453. The third-order valence-corrected chi connectivity index (χ3v) is 3.59. The summed E-state index contributed by atoms with van der Waals surface area (Å²) < 4.78 is 0. The first kappa shape index (κ1) is 11.8. The fourth-order valence-electron chi connectivity index (χ4n) is 1.86. The number of hydrogen-bond donors (Lipinski definition) is 1. The number of rotatable bonds is 1. The first-order valence-electron chi connectivity index (χ1n) is 5.64. The van der Waals surface area contributed by atoms with Crippen LogP contribution in [0.2, 0.25) is 19.6 Å². The van der Waals surface area contributed by atoms with Crippen molar-refractivity contribution in [3.8, 4) is 11.5 Å². The van der Waals surface area contributed by atoms with Gasteiger partial charge in [0.15, 0.2) is 0 Å². The molecule has 1 aliphatic carbocycles. The molecule has 0 saturated heterocycles. The summed E-state index contributed by atoms with van der Waals surface area (Å²) in [5.74, 6) is 3.20. The topological polar surface area (TPSA) is 20.2 Å². The van der Waals surface area contributed by atoms with E-state index >= 15 is 0 Å². The Morgan fingerprint density at radius 2 is 1.71 bits per heavy atom. The highest BCUT2D eigenvalue weighted by atomic mass is 28.3. The lowest BCUT2D eigenvalue weighted by Gasteiger charge is -2.30. The molecule has 0 aromatic rings. The largest absolute Gasteiger partial charge is 0.389 e. The average molecular weight is 210 g/mol. The highest BCUT2D eigenvalue weighted by molar-refractivity contribution is 6.83. The smallest absolute Gasteiger partial charge is 0.129 e. The Kier molecular flexibility index (Phi) is 3.80. The second kappa shape index (κ2) is 4.50. The van der Waals surface area contributed by atoms with E-state index in [-0.39, 0.29) is 0 Å². The molecule has 1 aliphatic rings. The Morgan fingerprint density at radius 1 is 1.14 bits per heavy atom. The zero-order valence-corrected chi connectivity index (χ0v) is 10.7. The number of aliphatic hydroxyl groups is 1. The van der Waals surface area contributed by atoms with Gasteiger partial charge < -0.3 is 5.11 Å². The Labute approximate surface area is 88.9 Å². The Balaban J connectivity index is 2.45. The second-order valence-corrected chi connectivity index (χ2v) is 10.3. The quantitative estimate of drug-likeness (QED) is 0.521. The molecule has 0 aromatic heterocycles. The summed E-state index contributed by atoms with van der Waals surface area (Å²) in [6.45, 7) is 6.72. The van der Waals surface area contributed by atoms with Gasteiger partial charge in [-0.05, 0) is 12.8 Å². The first-order valence-corrected chi connectivity index (χ1v) is 9.14. The summed E-state index contributed by atoms with van der Waals surface area (Å²) in [7, 11) is -1.25. The molecule has 0 spiro atoms. The fraction of sp³-hybridized carbons (Fsp3) is 0.833. The van der Waals surface area contributed by atoms with E-state index in [1.807, 2.05) is 0 Å². The molecule has 0 bridgehead atoms. The molecule has 0 unspecified atom stereocenters. The summed E-state index contributed by atoms with van der Waals surface area (Å²) in [5, 5.41) is 10.2. The van der Waals surface area contributed by atoms with Crippen molar-refractivity contribution in [3.63, 3.8) is 0 Å². The molecular weight excluding hydrogens is 188 g/mol. The third-order valence-electron chi connectivity index (χ3n) is 2.67. The third kappa shape index (κ3) is 4.30. The van der Waals surface area contributed by atoms with Crippen LogP contribution in [0.25, 0.3) is 0 Å². The average Bonchev–Trinajstić information content (AvgIpc) is 2.02. The van der Waals surface area contributed by atoms with Gasteiger partial charge in [-0.15, -0.1) is 11.5 Å². The molecule has 0 atom stereocenters. The lowest BCUT2D eigenvalue weighted by atomic mass is 9.83. The van der Waals surface area contributed by atoms with Gasteiger partial charge in [-0.25, -0.2) is 0 Å². The van der Waals surface area contributed by atoms with E-state index in [1.165, 1.54) is 19.3 Å². The molecule has 0 heterocycles. The molecule has 0 amide bonds. The van der Waals surface area contributed by atoms with Crippen LogP contribution in [0, 0.1) is 11.5 Å². The minimum Gasteiger partial charge on any atom is -0.389 e. The van der Waals surface area contributed by atoms with E-state index in [1.54, 1.807) is 0 Å². The lowest BCUT2D eigenvalue weighted by molar-refractivity contribution is 0.00896. The van der Waals surface area contributed by atoms with Crippen LogP contribution in [0.4, 0.5) is 0 Å². The van der Waals surface area contributed by atoms with Gasteiger partial charge in [-0.2, -0.15) is 0 Å². The van der Waals surface area contributed by atoms with Crippen LogP contribution in [-0.2, 0) is 0 Å². The normalized spacial score (nSPS) is 21.1. The maximum atomic E-state index is 10.2. The van der Waals surface area contributed by atoms with E-state index in [2.05, 4.69) is 31.1 Å². The second-order valence-electron chi connectivity index (χ2n) is 5.51. The molecule has 1 N–H and O–H groups in total. The van der Waals surface area contributed by atoms with Gasteiger partial charge in [0, 0.05) is 6.42 Å². The molecule has 1 rings (SSSR count). The summed E-state index contributed by atoms with van der Waals surface area (Å²) in [6.07, 6.45) is 6.22. The van der Waals surface area contributed by atoms with Crippen molar-refractivity contribution in [2.24, 2.45) is 0 Å². The maximum Gasteiger partial charge on any atom is 0.129 e. The van der Waals surface area contributed by atoms with Crippen LogP contribution in [0.3, 0.4) is 0 Å².